The normalized spacial score (nSPS) is 18.9. The fraction of sp³-hybridized carbons (Fsp3) is 0.200. The molecule has 0 unspecified atom stereocenters. The minimum atomic E-state index is -4.41. The molecule has 1 heterocycles. The van der Waals surface area contributed by atoms with Gasteiger partial charge in [0.2, 0.25) is 5.91 Å². The van der Waals surface area contributed by atoms with Crippen LogP contribution in [0.2, 0.25) is 0 Å². The predicted octanol–water partition coefficient (Wildman–Crippen LogP) is 5.57. The summed E-state index contributed by atoms with van der Waals surface area (Å²) in [5.74, 6) is -1.08. The molecular weight excluding hydrogens is 373 g/mol. The van der Waals surface area contributed by atoms with E-state index in [1.807, 2.05) is 17.5 Å². The van der Waals surface area contributed by atoms with E-state index in [1.165, 1.54) is 23.5 Å². The minimum Gasteiger partial charge on any atom is -0.326 e. The third-order valence-corrected chi connectivity index (χ3v) is 5.45. The number of thiazole rings is 1. The Bertz CT molecular complexity index is 952. The van der Waals surface area contributed by atoms with E-state index in [9.17, 15) is 18.0 Å². The van der Waals surface area contributed by atoms with Crippen molar-refractivity contribution in [2.75, 3.05) is 5.32 Å². The van der Waals surface area contributed by atoms with Crippen molar-refractivity contribution >= 4 is 22.9 Å². The topological polar surface area (TPSA) is 42.0 Å². The SMILES string of the molecule is O=C(Nc1ccc(-c2nccs2)cc1)[C@H]1C[C@H]1c1ccccc1C(F)(F)F. The van der Waals surface area contributed by atoms with Gasteiger partial charge < -0.3 is 5.32 Å². The van der Waals surface area contributed by atoms with Gasteiger partial charge in [0, 0.05) is 28.7 Å². The Labute approximate surface area is 157 Å². The Morgan fingerprint density at radius 3 is 2.52 bits per heavy atom. The van der Waals surface area contributed by atoms with Gasteiger partial charge in [-0.15, -0.1) is 11.3 Å². The van der Waals surface area contributed by atoms with Gasteiger partial charge in [0.05, 0.1) is 5.56 Å². The highest BCUT2D eigenvalue weighted by Gasteiger charge is 2.47. The van der Waals surface area contributed by atoms with E-state index in [4.69, 9.17) is 0 Å². The summed E-state index contributed by atoms with van der Waals surface area (Å²) < 4.78 is 39.5. The Balaban J connectivity index is 1.44. The summed E-state index contributed by atoms with van der Waals surface area (Å²) in [7, 11) is 0. The Morgan fingerprint density at radius 1 is 1.11 bits per heavy atom. The molecule has 1 aliphatic rings. The van der Waals surface area contributed by atoms with Gasteiger partial charge in [-0.25, -0.2) is 4.98 Å². The van der Waals surface area contributed by atoms with Gasteiger partial charge in [-0.05, 0) is 48.2 Å². The number of rotatable bonds is 4. The summed E-state index contributed by atoms with van der Waals surface area (Å²) in [6.45, 7) is 0. The number of carbonyl (C=O) groups excluding carboxylic acids is 1. The average molecular weight is 388 g/mol. The van der Waals surface area contributed by atoms with Crippen molar-refractivity contribution in [1.29, 1.82) is 0 Å². The first kappa shape index (κ1) is 17.7. The molecule has 1 aliphatic carbocycles. The van der Waals surface area contributed by atoms with Crippen LogP contribution in [-0.2, 0) is 11.0 Å². The van der Waals surface area contributed by atoms with Crippen LogP contribution in [0.25, 0.3) is 10.6 Å². The van der Waals surface area contributed by atoms with Crippen LogP contribution >= 0.6 is 11.3 Å². The lowest BCUT2D eigenvalue weighted by Gasteiger charge is -2.12. The Morgan fingerprint density at radius 2 is 1.85 bits per heavy atom. The number of benzene rings is 2. The lowest BCUT2D eigenvalue weighted by Crippen LogP contribution is -2.15. The van der Waals surface area contributed by atoms with Crippen molar-refractivity contribution in [2.24, 2.45) is 5.92 Å². The van der Waals surface area contributed by atoms with Gasteiger partial charge in [0.1, 0.15) is 5.01 Å². The zero-order valence-corrected chi connectivity index (χ0v) is 14.8. The number of hydrogen-bond donors (Lipinski definition) is 1. The monoisotopic (exact) mass is 388 g/mol. The lowest BCUT2D eigenvalue weighted by molar-refractivity contribution is -0.138. The maximum absolute atomic E-state index is 13.2. The highest BCUT2D eigenvalue weighted by molar-refractivity contribution is 7.13. The van der Waals surface area contributed by atoms with Crippen LogP contribution in [0.4, 0.5) is 18.9 Å². The summed E-state index contributed by atoms with van der Waals surface area (Å²) in [5, 5.41) is 5.57. The molecule has 1 saturated carbocycles. The van der Waals surface area contributed by atoms with E-state index in [-0.39, 0.29) is 11.5 Å². The first-order valence-corrected chi connectivity index (χ1v) is 9.28. The van der Waals surface area contributed by atoms with Crippen molar-refractivity contribution in [3.63, 3.8) is 0 Å². The van der Waals surface area contributed by atoms with E-state index in [2.05, 4.69) is 10.3 Å². The second-order valence-corrected chi connectivity index (χ2v) is 7.33. The molecule has 0 radical (unpaired) electrons. The fourth-order valence-corrected chi connectivity index (χ4v) is 3.85. The molecule has 0 aliphatic heterocycles. The molecule has 2 aromatic carbocycles. The molecule has 1 aromatic heterocycles. The molecule has 3 aromatic rings. The zero-order valence-electron chi connectivity index (χ0n) is 14.0. The maximum Gasteiger partial charge on any atom is 0.416 e. The van der Waals surface area contributed by atoms with Crippen LogP contribution in [0, 0.1) is 5.92 Å². The van der Waals surface area contributed by atoms with Gasteiger partial charge >= 0.3 is 6.18 Å². The molecule has 7 heteroatoms. The summed E-state index contributed by atoms with van der Waals surface area (Å²) in [6, 6.07) is 12.7. The number of nitrogens with zero attached hydrogens (tertiary/aromatic N) is 1. The molecule has 4 rings (SSSR count). The second kappa shape index (κ2) is 6.81. The molecular formula is C20H15F3N2OS. The van der Waals surface area contributed by atoms with Crippen LogP contribution < -0.4 is 5.32 Å². The summed E-state index contributed by atoms with van der Waals surface area (Å²) in [5.41, 5.74) is 1.11. The molecule has 27 heavy (non-hydrogen) atoms. The number of nitrogens with one attached hydrogen (secondary N) is 1. The molecule has 0 saturated heterocycles. The van der Waals surface area contributed by atoms with Crippen LogP contribution in [0.15, 0.2) is 60.1 Å². The third-order valence-electron chi connectivity index (χ3n) is 4.62. The van der Waals surface area contributed by atoms with Crippen LogP contribution in [0.5, 0.6) is 0 Å². The summed E-state index contributed by atoms with van der Waals surface area (Å²) >= 11 is 1.52. The van der Waals surface area contributed by atoms with Crippen molar-refractivity contribution in [2.45, 2.75) is 18.5 Å². The summed E-state index contributed by atoms with van der Waals surface area (Å²) in [6.07, 6.45) is -2.26. The Hall–Kier alpha value is -2.67. The van der Waals surface area contributed by atoms with Gasteiger partial charge in [-0.1, -0.05) is 18.2 Å². The van der Waals surface area contributed by atoms with E-state index in [0.29, 0.717) is 12.1 Å². The predicted molar refractivity (Wildman–Crippen MR) is 98.5 cm³/mol. The standard InChI is InChI=1S/C20H15F3N2OS/c21-20(22,23)17-4-2-1-3-14(17)15-11-16(15)18(26)25-13-7-5-12(6-8-13)19-24-9-10-27-19/h1-10,15-16H,11H2,(H,25,26)/t15-,16-/m0/s1. The van der Waals surface area contributed by atoms with Gasteiger partial charge in [-0.2, -0.15) is 13.2 Å². The molecule has 138 valence electrons. The maximum atomic E-state index is 13.2. The fourth-order valence-electron chi connectivity index (χ4n) is 3.20. The van der Waals surface area contributed by atoms with E-state index < -0.39 is 23.6 Å². The number of halogens is 3. The smallest absolute Gasteiger partial charge is 0.326 e. The van der Waals surface area contributed by atoms with E-state index in [1.54, 1.807) is 24.4 Å². The Kier molecular flexibility index (Phi) is 4.47. The van der Waals surface area contributed by atoms with Gasteiger partial charge in [0.25, 0.3) is 0 Å². The zero-order chi connectivity index (χ0) is 19.0. The molecule has 0 bridgehead atoms. The van der Waals surface area contributed by atoms with Gasteiger partial charge in [-0.3, -0.25) is 4.79 Å². The van der Waals surface area contributed by atoms with Crippen LogP contribution in [0.1, 0.15) is 23.5 Å². The molecule has 2 atom stereocenters. The number of carbonyl (C=O) groups is 1. The lowest BCUT2D eigenvalue weighted by atomic mass is 10.0. The van der Waals surface area contributed by atoms with E-state index >= 15 is 0 Å². The second-order valence-electron chi connectivity index (χ2n) is 6.44. The largest absolute Gasteiger partial charge is 0.416 e. The van der Waals surface area contributed by atoms with E-state index in [0.717, 1.165) is 16.6 Å². The highest BCUT2D eigenvalue weighted by atomic mass is 32.1. The van der Waals surface area contributed by atoms with Crippen molar-refractivity contribution in [3.05, 3.63) is 71.2 Å². The van der Waals surface area contributed by atoms with Crippen molar-refractivity contribution in [1.82, 2.24) is 4.98 Å². The molecule has 0 spiro atoms. The van der Waals surface area contributed by atoms with Crippen LogP contribution in [-0.4, -0.2) is 10.9 Å². The quantitative estimate of drug-likeness (QED) is 0.635. The molecule has 1 N–H and O–H groups in total. The summed E-state index contributed by atoms with van der Waals surface area (Å²) in [4.78, 5) is 16.7. The average Bonchev–Trinajstić information content (AvgIpc) is 3.27. The minimum absolute atomic E-state index is 0.198. The number of hydrogen-bond acceptors (Lipinski definition) is 3. The molecule has 3 nitrogen and oxygen atoms in total. The van der Waals surface area contributed by atoms with Crippen molar-refractivity contribution < 1.29 is 18.0 Å². The molecule has 1 fully saturated rings. The number of anilines is 1. The number of alkyl halides is 3. The number of aromatic nitrogens is 1. The molecule has 1 amide bonds. The highest BCUT2D eigenvalue weighted by Crippen LogP contribution is 2.51. The first-order valence-electron chi connectivity index (χ1n) is 8.40. The van der Waals surface area contributed by atoms with Crippen molar-refractivity contribution in [3.8, 4) is 10.6 Å². The number of amides is 1. The van der Waals surface area contributed by atoms with Crippen LogP contribution in [0.3, 0.4) is 0 Å². The van der Waals surface area contributed by atoms with Gasteiger partial charge in [0.15, 0.2) is 0 Å². The first-order chi connectivity index (χ1) is 12.9. The third kappa shape index (κ3) is 3.73.